The first kappa shape index (κ1) is 19.1. The monoisotopic (exact) mass is 411 g/mol. The molecule has 0 aliphatic carbocycles. The summed E-state index contributed by atoms with van der Waals surface area (Å²) in [5, 5.41) is 4.50. The first-order valence-electron chi connectivity index (χ1n) is 8.96. The zero-order chi connectivity index (χ0) is 20.9. The number of hydrazone groups is 1. The summed E-state index contributed by atoms with van der Waals surface area (Å²) in [7, 11) is 1.21. The fourth-order valence-corrected chi connectivity index (χ4v) is 4.03. The van der Waals surface area contributed by atoms with E-state index in [1.165, 1.54) is 7.11 Å². The predicted molar refractivity (Wildman–Crippen MR) is 108 cm³/mol. The Hall–Kier alpha value is -3.19. The van der Waals surface area contributed by atoms with E-state index in [1.807, 2.05) is 19.9 Å². The molecule has 2 atom stereocenters. The molecule has 2 aromatic rings. The zero-order valence-electron chi connectivity index (χ0n) is 16.0. The van der Waals surface area contributed by atoms with Crippen LogP contribution in [0.1, 0.15) is 16.7 Å². The molecule has 4 rings (SSSR count). The summed E-state index contributed by atoms with van der Waals surface area (Å²) in [4.78, 5) is 40.6. The van der Waals surface area contributed by atoms with Gasteiger partial charge in [-0.15, -0.1) is 0 Å². The number of hydrogen-bond donors (Lipinski definition) is 1. The van der Waals surface area contributed by atoms with Gasteiger partial charge in [-0.05, 0) is 48.7 Å². The van der Waals surface area contributed by atoms with E-state index in [0.29, 0.717) is 16.3 Å². The summed E-state index contributed by atoms with van der Waals surface area (Å²) in [5.74, 6) is -2.95. The molecule has 7 nitrogen and oxygen atoms in total. The number of halogens is 1. The predicted octanol–water partition coefficient (Wildman–Crippen LogP) is 2.47. The lowest BCUT2D eigenvalue weighted by Gasteiger charge is -2.26. The Kier molecular flexibility index (Phi) is 4.42. The lowest BCUT2D eigenvalue weighted by molar-refractivity contribution is -0.133. The number of nitrogens with one attached hydrogen (secondary N) is 1. The normalized spacial score (nSPS) is 23.0. The molecule has 0 bridgehead atoms. The minimum absolute atomic E-state index is 0.131. The van der Waals surface area contributed by atoms with Crippen LogP contribution in [0.5, 0.6) is 0 Å². The van der Waals surface area contributed by atoms with E-state index in [2.05, 4.69) is 10.5 Å². The number of rotatable bonds is 3. The minimum Gasteiger partial charge on any atom is -0.464 e. The number of fused-ring (bicyclic) bond motifs is 1. The highest BCUT2D eigenvalue weighted by molar-refractivity contribution is 6.47. The zero-order valence-corrected chi connectivity index (χ0v) is 16.8. The molecule has 0 radical (unpaired) electrons. The molecular formula is C21H18ClN3O4. The molecule has 2 aliphatic rings. The topological polar surface area (TPSA) is 88.1 Å². The second-order valence-electron chi connectivity index (χ2n) is 7.05. The summed E-state index contributed by atoms with van der Waals surface area (Å²) in [6.45, 7) is 3.75. The van der Waals surface area contributed by atoms with Gasteiger partial charge in [0, 0.05) is 5.02 Å². The molecule has 8 heteroatoms. The van der Waals surface area contributed by atoms with Gasteiger partial charge in [-0.25, -0.2) is 9.69 Å². The second kappa shape index (κ2) is 6.70. The quantitative estimate of drug-likeness (QED) is 0.619. The number of ether oxygens (including phenoxy) is 1. The molecule has 0 unspecified atom stereocenters. The van der Waals surface area contributed by atoms with E-state index in [-0.39, 0.29) is 5.71 Å². The highest BCUT2D eigenvalue weighted by Gasteiger charge is 2.67. The van der Waals surface area contributed by atoms with Crippen LogP contribution in [-0.4, -0.2) is 30.6 Å². The molecule has 2 aliphatic heterocycles. The largest absolute Gasteiger partial charge is 0.464 e. The Morgan fingerprint density at radius 3 is 2.52 bits per heavy atom. The Bertz CT molecular complexity index is 1080. The van der Waals surface area contributed by atoms with E-state index in [4.69, 9.17) is 16.3 Å². The van der Waals surface area contributed by atoms with Crippen molar-refractivity contribution >= 4 is 40.8 Å². The van der Waals surface area contributed by atoms with Gasteiger partial charge in [-0.3, -0.25) is 15.0 Å². The number of carbonyl (C=O) groups is 3. The number of carbonyl (C=O) groups excluding carboxylic acids is 3. The Morgan fingerprint density at radius 2 is 1.86 bits per heavy atom. The van der Waals surface area contributed by atoms with Crippen molar-refractivity contribution in [3.63, 3.8) is 0 Å². The van der Waals surface area contributed by atoms with Crippen LogP contribution in [0.15, 0.2) is 47.6 Å². The summed E-state index contributed by atoms with van der Waals surface area (Å²) >= 11 is 6.00. The molecular weight excluding hydrogens is 394 g/mol. The maximum Gasteiger partial charge on any atom is 0.355 e. The third kappa shape index (κ3) is 2.57. The summed E-state index contributed by atoms with van der Waals surface area (Å²) < 4.78 is 4.80. The molecule has 148 valence electrons. The van der Waals surface area contributed by atoms with Crippen molar-refractivity contribution in [3.8, 4) is 0 Å². The van der Waals surface area contributed by atoms with Gasteiger partial charge < -0.3 is 4.74 Å². The van der Waals surface area contributed by atoms with Crippen molar-refractivity contribution in [2.75, 3.05) is 12.0 Å². The van der Waals surface area contributed by atoms with E-state index in [9.17, 15) is 14.4 Å². The molecule has 2 aromatic carbocycles. The van der Waals surface area contributed by atoms with Crippen LogP contribution in [0.25, 0.3) is 0 Å². The Labute approximate surface area is 172 Å². The van der Waals surface area contributed by atoms with Crippen LogP contribution >= 0.6 is 11.6 Å². The van der Waals surface area contributed by atoms with Crippen molar-refractivity contribution in [1.29, 1.82) is 0 Å². The van der Waals surface area contributed by atoms with Gasteiger partial charge in [0.2, 0.25) is 5.91 Å². The fourth-order valence-electron chi connectivity index (χ4n) is 3.90. The number of hydrogen-bond acceptors (Lipinski definition) is 6. The minimum atomic E-state index is -1.54. The number of esters is 1. The van der Waals surface area contributed by atoms with Crippen LogP contribution in [0.3, 0.4) is 0 Å². The van der Waals surface area contributed by atoms with Gasteiger partial charge in [-0.2, -0.15) is 5.10 Å². The van der Waals surface area contributed by atoms with E-state index < -0.39 is 29.2 Å². The molecule has 2 heterocycles. The average Bonchev–Trinajstić information content (AvgIpc) is 3.21. The van der Waals surface area contributed by atoms with Crippen molar-refractivity contribution in [2.45, 2.75) is 19.4 Å². The smallest absolute Gasteiger partial charge is 0.355 e. The van der Waals surface area contributed by atoms with Crippen LogP contribution in [0, 0.1) is 19.8 Å². The van der Waals surface area contributed by atoms with Gasteiger partial charge >= 0.3 is 5.97 Å². The molecule has 1 saturated heterocycles. The SMILES string of the molecule is COC(=O)C1=NN[C@]2(c3ccc(Cl)cc3)C(=O)N(c3cccc(C)c3C)C(=O)[C@H]12. The van der Waals surface area contributed by atoms with Crippen molar-refractivity contribution in [3.05, 3.63) is 64.2 Å². The van der Waals surface area contributed by atoms with Crippen LogP contribution in [-0.2, 0) is 24.7 Å². The van der Waals surface area contributed by atoms with E-state index >= 15 is 0 Å². The van der Waals surface area contributed by atoms with Crippen LogP contribution < -0.4 is 10.3 Å². The number of benzene rings is 2. The molecule has 1 N–H and O–H groups in total. The van der Waals surface area contributed by atoms with Crippen molar-refractivity contribution < 1.29 is 19.1 Å². The first-order chi connectivity index (χ1) is 13.8. The highest BCUT2D eigenvalue weighted by Crippen LogP contribution is 2.45. The van der Waals surface area contributed by atoms with Gasteiger partial charge in [0.1, 0.15) is 5.92 Å². The van der Waals surface area contributed by atoms with Crippen molar-refractivity contribution in [2.24, 2.45) is 11.0 Å². The lowest BCUT2D eigenvalue weighted by atomic mass is 9.79. The van der Waals surface area contributed by atoms with Gasteiger partial charge in [0.25, 0.3) is 5.91 Å². The number of anilines is 1. The summed E-state index contributed by atoms with van der Waals surface area (Å²) in [6, 6.07) is 11.9. The average molecular weight is 412 g/mol. The summed E-state index contributed by atoms with van der Waals surface area (Å²) in [6.07, 6.45) is 0. The molecule has 1 fully saturated rings. The van der Waals surface area contributed by atoms with E-state index in [1.54, 1.807) is 36.4 Å². The van der Waals surface area contributed by atoms with Gasteiger partial charge in [0.05, 0.1) is 12.8 Å². The standard InChI is InChI=1S/C21H18ClN3O4/c1-11-5-4-6-15(12(11)2)25-18(26)16-17(19(27)29-3)23-24-21(16,20(25)28)13-7-9-14(22)10-8-13/h4-10,16,24H,1-3H3/t16-,21-/m0/s1. The number of nitrogens with zero attached hydrogens (tertiary/aromatic N) is 2. The van der Waals surface area contributed by atoms with Crippen molar-refractivity contribution in [1.82, 2.24) is 5.43 Å². The van der Waals surface area contributed by atoms with Gasteiger partial charge in [0.15, 0.2) is 11.3 Å². The first-order valence-corrected chi connectivity index (χ1v) is 9.34. The van der Waals surface area contributed by atoms with Gasteiger partial charge in [-0.1, -0.05) is 35.9 Å². The lowest BCUT2D eigenvalue weighted by Crippen LogP contribution is -2.48. The molecule has 0 saturated carbocycles. The summed E-state index contributed by atoms with van der Waals surface area (Å²) in [5.41, 5.74) is 3.82. The molecule has 2 amide bonds. The molecule has 29 heavy (non-hydrogen) atoms. The second-order valence-corrected chi connectivity index (χ2v) is 7.48. The Balaban J connectivity index is 1.92. The Morgan fingerprint density at radius 1 is 1.17 bits per heavy atom. The third-order valence-corrected chi connectivity index (χ3v) is 5.83. The number of aryl methyl sites for hydroxylation is 1. The number of imide groups is 1. The highest BCUT2D eigenvalue weighted by atomic mass is 35.5. The maximum atomic E-state index is 13.7. The maximum absolute atomic E-state index is 13.7. The molecule has 0 aromatic heterocycles. The fraction of sp³-hybridized carbons (Fsp3) is 0.238. The van der Waals surface area contributed by atoms with Crippen LogP contribution in [0.4, 0.5) is 5.69 Å². The molecule has 0 spiro atoms. The third-order valence-electron chi connectivity index (χ3n) is 5.58. The van der Waals surface area contributed by atoms with E-state index in [0.717, 1.165) is 16.0 Å². The number of amides is 2. The van der Waals surface area contributed by atoms with Crippen LogP contribution in [0.2, 0.25) is 5.02 Å². The number of methoxy groups -OCH3 is 1.